The van der Waals surface area contributed by atoms with Gasteiger partial charge in [-0.15, -0.1) is 11.3 Å². The highest BCUT2D eigenvalue weighted by Crippen LogP contribution is 2.29. The maximum absolute atomic E-state index is 12.3. The number of aromatic nitrogens is 1. The Bertz CT molecular complexity index is 711. The molecule has 1 heterocycles. The van der Waals surface area contributed by atoms with Gasteiger partial charge in [0.25, 0.3) is 5.91 Å². The summed E-state index contributed by atoms with van der Waals surface area (Å²) in [6.45, 7) is 1.42. The fraction of sp³-hybridized carbons (Fsp3) is 0.312. The minimum Gasteiger partial charge on any atom is -0.344 e. The average molecular weight is 315 g/mol. The molecule has 6 heteroatoms. The van der Waals surface area contributed by atoms with Gasteiger partial charge in [0.1, 0.15) is 5.69 Å². The first-order valence-corrected chi connectivity index (χ1v) is 8.13. The quantitative estimate of drug-likeness (QED) is 0.915. The van der Waals surface area contributed by atoms with Crippen LogP contribution in [0.3, 0.4) is 0 Å². The van der Waals surface area contributed by atoms with Crippen LogP contribution in [0.2, 0.25) is 0 Å². The Balaban J connectivity index is 1.72. The van der Waals surface area contributed by atoms with Crippen molar-refractivity contribution in [1.29, 1.82) is 0 Å². The molecule has 1 aromatic heterocycles. The first-order chi connectivity index (χ1) is 10.6. The van der Waals surface area contributed by atoms with E-state index in [9.17, 15) is 9.59 Å². The molecule has 2 aromatic rings. The van der Waals surface area contributed by atoms with E-state index >= 15 is 0 Å². The Kier molecular flexibility index (Phi) is 4.20. The van der Waals surface area contributed by atoms with Crippen LogP contribution in [0.1, 0.15) is 47.4 Å². The van der Waals surface area contributed by atoms with E-state index < -0.39 is 0 Å². The maximum Gasteiger partial charge on any atom is 0.271 e. The molecular weight excluding hydrogens is 298 g/mol. The number of aryl methyl sites for hydroxylation is 1. The number of hydrogen-bond donors (Lipinski definition) is 2. The second-order valence-electron chi connectivity index (χ2n) is 5.34. The van der Waals surface area contributed by atoms with E-state index in [2.05, 4.69) is 27.8 Å². The van der Waals surface area contributed by atoms with Crippen molar-refractivity contribution >= 4 is 28.3 Å². The number of rotatable bonds is 3. The minimum atomic E-state index is -0.199. The second kappa shape index (κ2) is 6.27. The van der Waals surface area contributed by atoms with E-state index in [0.29, 0.717) is 10.8 Å². The Hall–Kier alpha value is -2.21. The maximum atomic E-state index is 12.3. The molecule has 0 saturated carbocycles. The molecule has 1 aromatic carbocycles. The minimum absolute atomic E-state index is 0.0309. The number of carbonyl (C=O) groups excluding carboxylic acids is 2. The lowest BCUT2D eigenvalue weighted by atomic mass is 9.88. The molecule has 2 amide bonds. The largest absolute Gasteiger partial charge is 0.344 e. The number of amides is 2. The number of hydrogen-bond acceptors (Lipinski definition) is 4. The molecule has 1 aliphatic carbocycles. The van der Waals surface area contributed by atoms with E-state index in [-0.39, 0.29) is 17.9 Å². The van der Waals surface area contributed by atoms with Crippen molar-refractivity contribution in [3.63, 3.8) is 0 Å². The van der Waals surface area contributed by atoms with Crippen molar-refractivity contribution in [3.8, 4) is 0 Å². The summed E-state index contributed by atoms with van der Waals surface area (Å²) in [5.41, 5.74) is 2.84. The molecule has 3 rings (SSSR count). The Morgan fingerprint density at radius 3 is 2.95 bits per heavy atom. The molecule has 0 radical (unpaired) electrons. The summed E-state index contributed by atoms with van der Waals surface area (Å²) >= 11 is 1.25. The molecule has 22 heavy (non-hydrogen) atoms. The second-order valence-corrected chi connectivity index (χ2v) is 6.19. The Labute approximate surface area is 132 Å². The number of anilines is 1. The lowest BCUT2D eigenvalue weighted by molar-refractivity contribution is -0.114. The standard InChI is InChI=1S/C16H17N3O2S/c1-10(20)17-16-19-14(9-22-16)15(21)18-13-8-4-6-11-5-2-3-7-12(11)13/h2-3,5,7,9,13H,4,6,8H2,1H3,(H,18,21)(H,17,19,20)/t13-/m1/s1. The van der Waals surface area contributed by atoms with Crippen LogP contribution < -0.4 is 10.6 Å². The molecule has 1 atom stereocenters. The molecular formula is C16H17N3O2S. The highest BCUT2D eigenvalue weighted by molar-refractivity contribution is 7.14. The van der Waals surface area contributed by atoms with Crippen molar-refractivity contribution in [3.05, 3.63) is 46.5 Å². The van der Waals surface area contributed by atoms with Gasteiger partial charge in [-0.25, -0.2) is 4.98 Å². The number of nitrogens with one attached hydrogen (secondary N) is 2. The van der Waals surface area contributed by atoms with Crippen LogP contribution in [0.4, 0.5) is 5.13 Å². The van der Waals surface area contributed by atoms with Crippen LogP contribution in [0.15, 0.2) is 29.6 Å². The van der Waals surface area contributed by atoms with E-state index in [1.807, 2.05) is 12.1 Å². The number of fused-ring (bicyclic) bond motifs is 1. The number of nitrogens with zero attached hydrogens (tertiary/aromatic N) is 1. The van der Waals surface area contributed by atoms with Crippen molar-refractivity contribution in [2.45, 2.75) is 32.2 Å². The van der Waals surface area contributed by atoms with Crippen molar-refractivity contribution in [1.82, 2.24) is 10.3 Å². The summed E-state index contributed by atoms with van der Waals surface area (Å²) in [5.74, 6) is -0.392. The normalized spacial score (nSPS) is 16.7. The van der Waals surface area contributed by atoms with Gasteiger partial charge in [0.05, 0.1) is 6.04 Å². The first kappa shape index (κ1) is 14.7. The molecule has 5 nitrogen and oxygen atoms in total. The Morgan fingerprint density at radius 1 is 1.32 bits per heavy atom. The lowest BCUT2D eigenvalue weighted by Gasteiger charge is -2.26. The third kappa shape index (κ3) is 3.17. The first-order valence-electron chi connectivity index (χ1n) is 7.25. The molecule has 0 aliphatic heterocycles. The van der Waals surface area contributed by atoms with Crippen LogP contribution in [0.5, 0.6) is 0 Å². The monoisotopic (exact) mass is 315 g/mol. The van der Waals surface area contributed by atoms with E-state index in [0.717, 1.165) is 19.3 Å². The van der Waals surface area contributed by atoms with Crippen LogP contribution >= 0.6 is 11.3 Å². The molecule has 0 saturated heterocycles. The van der Waals surface area contributed by atoms with Crippen LogP contribution in [0.25, 0.3) is 0 Å². The predicted octanol–water partition coefficient (Wildman–Crippen LogP) is 2.91. The molecule has 0 fully saturated rings. The summed E-state index contributed by atoms with van der Waals surface area (Å²) < 4.78 is 0. The summed E-state index contributed by atoms with van der Waals surface area (Å²) in [6.07, 6.45) is 3.06. The van der Waals surface area contributed by atoms with E-state index in [1.54, 1.807) is 5.38 Å². The predicted molar refractivity (Wildman–Crippen MR) is 86.0 cm³/mol. The lowest BCUT2D eigenvalue weighted by Crippen LogP contribution is -2.31. The molecule has 1 aliphatic rings. The number of benzene rings is 1. The van der Waals surface area contributed by atoms with E-state index in [1.165, 1.54) is 29.4 Å². The van der Waals surface area contributed by atoms with E-state index in [4.69, 9.17) is 0 Å². The summed E-state index contributed by atoms with van der Waals surface area (Å²) in [7, 11) is 0. The van der Waals surface area contributed by atoms with Gasteiger partial charge in [-0.2, -0.15) is 0 Å². The topological polar surface area (TPSA) is 71.1 Å². The highest BCUT2D eigenvalue weighted by Gasteiger charge is 2.22. The van der Waals surface area contributed by atoms with Gasteiger partial charge in [0.15, 0.2) is 5.13 Å². The van der Waals surface area contributed by atoms with Crippen LogP contribution in [-0.4, -0.2) is 16.8 Å². The molecule has 0 bridgehead atoms. The van der Waals surface area contributed by atoms with Gasteiger partial charge in [-0.3, -0.25) is 9.59 Å². The van der Waals surface area contributed by atoms with Crippen molar-refractivity contribution < 1.29 is 9.59 Å². The third-order valence-electron chi connectivity index (χ3n) is 3.69. The third-order valence-corrected chi connectivity index (χ3v) is 4.45. The van der Waals surface area contributed by atoms with Crippen molar-refractivity contribution in [2.24, 2.45) is 0 Å². The van der Waals surface area contributed by atoms with Gasteiger partial charge >= 0.3 is 0 Å². The molecule has 0 unspecified atom stereocenters. The fourth-order valence-electron chi connectivity index (χ4n) is 2.72. The summed E-state index contributed by atoms with van der Waals surface area (Å²) in [5, 5.41) is 7.75. The van der Waals surface area contributed by atoms with Gasteiger partial charge in [0, 0.05) is 12.3 Å². The average Bonchev–Trinajstić information content (AvgIpc) is 2.95. The SMILES string of the molecule is CC(=O)Nc1nc(C(=O)N[C@@H]2CCCc3ccccc32)cs1. The van der Waals surface area contributed by atoms with Gasteiger partial charge in [0.2, 0.25) is 5.91 Å². The smallest absolute Gasteiger partial charge is 0.271 e. The molecule has 0 spiro atoms. The number of carbonyl (C=O) groups is 2. The molecule has 2 N–H and O–H groups in total. The number of thiazole rings is 1. The van der Waals surface area contributed by atoms with Gasteiger partial charge < -0.3 is 10.6 Å². The summed E-state index contributed by atoms with van der Waals surface area (Å²) in [4.78, 5) is 27.5. The van der Waals surface area contributed by atoms with Crippen molar-refractivity contribution in [2.75, 3.05) is 5.32 Å². The van der Waals surface area contributed by atoms with Gasteiger partial charge in [-0.1, -0.05) is 24.3 Å². The van der Waals surface area contributed by atoms with Crippen LogP contribution in [0, 0.1) is 0 Å². The fourth-order valence-corrected chi connectivity index (χ4v) is 3.46. The highest BCUT2D eigenvalue weighted by atomic mass is 32.1. The van der Waals surface area contributed by atoms with Crippen LogP contribution in [-0.2, 0) is 11.2 Å². The zero-order valence-electron chi connectivity index (χ0n) is 12.3. The summed E-state index contributed by atoms with van der Waals surface area (Å²) in [6, 6.07) is 8.25. The molecule has 114 valence electrons. The Morgan fingerprint density at radius 2 is 2.14 bits per heavy atom. The zero-order valence-corrected chi connectivity index (χ0v) is 13.1. The zero-order chi connectivity index (χ0) is 15.5. The van der Waals surface area contributed by atoms with Gasteiger partial charge in [-0.05, 0) is 30.4 Å².